The summed E-state index contributed by atoms with van der Waals surface area (Å²) in [5.74, 6) is 0.376. The number of amides is 1. The summed E-state index contributed by atoms with van der Waals surface area (Å²) in [4.78, 5) is 18.2. The van der Waals surface area contributed by atoms with E-state index in [2.05, 4.69) is 15.6 Å². The molecular weight excluding hydrogens is 446 g/mol. The van der Waals surface area contributed by atoms with Crippen LogP contribution in [-0.4, -0.2) is 31.5 Å². The third-order valence-electron chi connectivity index (χ3n) is 4.16. The summed E-state index contributed by atoms with van der Waals surface area (Å²) in [6, 6.07) is 16.2. The Morgan fingerprint density at radius 1 is 1.19 bits per heavy atom. The predicted octanol–water partition coefficient (Wildman–Crippen LogP) is 2.91. The van der Waals surface area contributed by atoms with Crippen LogP contribution in [0.1, 0.15) is 12.0 Å². The average Bonchev–Trinajstić information content (AvgIpc) is 3.01. The molecule has 0 aliphatic carbocycles. The lowest BCUT2D eigenvalue weighted by molar-refractivity contribution is -0.117. The summed E-state index contributed by atoms with van der Waals surface area (Å²) >= 11 is 0. The maximum atomic E-state index is 13.7. The van der Waals surface area contributed by atoms with E-state index in [4.69, 9.17) is 0 Å². The van der Waals surface area contributed by atoms with Gasteiger partial charge in [0.2, 0.25) is 5.91 Å². The van der Waals surface area contributed by atoms with E-state index in [1.54, 1.807) is 30.1 Å². The maximum Gasteiger partial charge on any atom is 0.229 e. The monoisotopic (exact) mass is 468 g/mol. The van der Waals surface area contributed by atoms with Crippen molar-refractivity contribution in [2.24, 2.45) is 4.99 Å². The smallest absolute Gasteiger partial charge is 0.229 e. The molecule has 2 aromatic rings. The van der Waals surface area contributed by atoms with Crippen molar-refractivity contribution in [3.05, 3.63) is 66.0 Å². The summed E-state index contributed by atoms with van der Waals surface area (Å²) < 4.78 is 13.7. The van der Waals surface area contributed by atoms with Crippen LogP contribution in [0.3, 0.4) is 0 Å². The molecule has 2 N–H and O–H groups in total. The minimum absolute atomic E-state index is 0. The van der Waals surface area contributed by atoms with Crippen LogP contribution in [0.5, 0.6) is 0 Å². The Morgan fingerprint density at radius 3 is 2.58 bits per heavy atom. The fourth-order valence-corrected chi connectivity index (χ4v) is 2.87. The number of carbonyl (C=O) groups excluding carboxylic acids is 1. The van der Waals surface area contributed by atoms with Gasteiger partial charge < -0.3 is 15.5 Å². The highest BCUT2D eigenvalue weighted by Gasteiger charge is 2.31. The number of para-hydroxylation sites is 1. The van der Waals surface area contributed by atoms with E-state index >= 15 is 0 Å². The first kappa shape index (κ1) is 20.2. The van der Waals surface area contributed by atoms with Crippen LogP contribution in [0.2, 0.25) is 0 Å². The number of aliphatic imine (C=N–C) groups is 1. The first-order valence-electron chi connectivity index (χ1n) is 8.23. The Kier molecular flexibility index (Phi) is 7.38. The van der Waals surface area contributed by atoms with E-state index in [9.17, 15) is 9.18 Å². The van der Waals surface area contributed by atoms with E-state index in [0.717, 1.165) is 5.69 Å². The van der Waals surface area contributed by atoms with Crippen LogP contribution in [0.25, 0.3) is 0 Å². The van der Waals surface area contributed by atoms with Gasteiger partial charge in [-0.1, -0.05) is 36.4 Å². The lowest BCUT2D eigenvalue weighted by Gasteiger charge is -2.19. The molecule has 0 saturated carbocycles. The van der Waals surface area contributed by atoms with Crippen molar-refractivity contribution in [3.8, 4) is 0 Å². The van der Waals surface area contributed by atoms with Gasteiger partial charge in [-0.05, 0) is 18.2 Å². The first-order valence-corrected chi connectivity index (χ1v) is 8.23. The SMILES string of the molecule is CN=C(NCc1ccccc1F)NC1CC(=O)N(c2ccccc2)C1.I. The number of carbonyl (C=O) groups is 1. The van der Waals surface area contributed by atoms with Crippen molar-refractivity contribution in [1.29, 1.82) is 0 Å². The number of halogens is 2. The van der Waals surface area contributed by atoms with Crippen LogP contribution in [0.15, 0.2) is 59.6 Å². The molecule has 1 heterocycles. The van der Waals surface area contributed by atoms with Crippen molar-refractivity contribution < 1.29 is 9.18 Å². The molecule has 7 heteroatoms. The fourth-order valence-electron chi connectivity index (χ4n) is 2.87. The minimum Gasteiger partial charge on any atom is -0.352 e. The average molecular weight is 468 g/mol. The molecular formula is C19H22FIN4O. The minimum atomic E-state index is -0.253. The van der Waals surface area contributed by atoms with E-state index < -0.39 is 0 Å². The first-order chi connectivity index (χ1) is 12.2. The predicted molar refractivity (Wildman–Crippen MR) is 112 cm³/mol. The highest BCUT2D eigenvalue weighted by Crippen LogP contribution is 2.20. The van der Waals surface area contributed by atoms with Crippen LogP contribution < -0.4 is 15.5 Å². The number of nitrogens with one attached hydrogen (secondary N) is 2. The van der Waals surface area contributed by atoms with E-state index in [0.29, 0.717) is 31.0 Å². The molecule has 1 atom stereocenters. The number of anilines is 1. The lowest BCUT2D eigenvalue weighted by Crippen LogP contribution is -2.44. The Morgan fingerprint density at radius 2 is 1.88 bits per heavy atom. The molecule has 0 aromatic heterocycles. The van der Waals surface area contributed by atoms with E-state index in [1.807, 2.05) is 30.3 Å². The van der Waals surface area contributed by atoms with Crippen molar-refractivity contribution in [2.75, 3.05) is 18.5 Å². The van der Waals surface area contributed by atoms with Gasteiger partial charge in [-0.2, -0.15) is 0 Å². The van der Waals surface area contributed by atoms with Gasteiger partial charge in [0.05, 0.1) is 6.04 Å². The number of hydrogen-bond acceptors (Lipinski definition) is 2. The van der Waals surface area contributed by atoms with Crippen molar-refractivity contribution in [3.63, 3.8) is 0 Å². The molecule has 1 amide bonds. The van der Waals surface area contributed by atoms with Gasteiger partial charge in [-0.25, -0.2) is 4.39 Å². The Hall–Kier alpha value is -2.16. The Bertz CT molecular complexity index is 769. The molecule has 0 radical (unpaired) electrons. The van der Waals surface area contributed by atoms with Gasteiger partial charge in [-0.15, -0.1) is 24.0 Å². The summed E-state index contributed by atoms with van der Waals surface area (Å²) in [7, 11) is 1.66. The molecule has 26 heavy (non-hydrogen) atoms. The van der Waals surface area contributed by atoms with Gasteiger partial charge in [0.15, 0.2) is 5.96 Å². The zero-order chi connectivity index (χ0) is 17.6. The largest absolute Gasteiger partial charge is 0.352 e. The number of benzene rings is 2. The number of guanidine groups is 1. The van der Waals surface area contributed by atoms with Crippen LogP contribution in [-0.2, 0) is 11.3 Å². The maximum absolute atomic E-state index is 13.7. The third kappa shape index (κ3) is 4.94. The van der Waals surface area contributed by atoms with Gasteiger partial charge >= 0.3 is 0 Å². The summed E-state index contributed by atoms with van der Waals surface area (Å²) in [6.45, 7) is 0.901. The molecule has 0 bridgehead atoms. The highest BCUT2D eigenvalue weighted by molar-refractivity contribution is 14.0. The van der Waals surface area contributed by atoms with E-state index in [-0.39, 0.29) is 41.7 Å². The molecule has 2 aromatic carbocycles. The summed E-state index contributed by atoms with van der Waals surface area (Å²) in [5.41, 5.74) is 1.46. The summed E-state index contributed by atoms with van der Waals surface area (Å²) in [6.07, 6.45) is 0.398. The second-order valence-corrected chi connectivity index (χ2v) is 5.90. The zero-order valence-electron chi connectivity index (χ0n) is 14.5. The quantitative estimate of drug-likeness (QED) is 0.413. The van der Waals surface area contributed by atoms with Crippen molar-refractivity contribution in [2.45, 2.75) is 19.0 Å². The fraction of sp³-hybridized carbons (Fsp3) is 0.263. The normalized spacial score (nSPS) is 17.0. The standard InChI is InChI=1S/C19H21FN4O.HI/c1-21-19(22-12-14-7-5-6-10-17(14)20)23-15-11-18(25)24(13-15)16-8-3-2-4-9-16;/h2-10,15H,11-13H2,1H3,(H2,21,22,23);1H. The molecule has 1 unspecified atom stereocenters. The molecule has 1 saturated heterocycles. The zero-order valence-corrected chi connectivity index (χ0v) is 16.8. The van der Waals surface area contributed by atoms with Gasteiger partial charge in [-0.3, -0.25) is 9.79 Å². The molecule has 5 nitrogen and oxygen atoms in total. The highest BCUT2D eigenvalue weighted by atomic mass is 127. The lowest BCUT2D eigenvalue weighted by atomic mass is 10.2. The van der Waals surface area contributed by atoms with Crippen molar-refractivity contribution in [1.82, 2.24) is 10.6 Å². The third-order valence-corrected chi connectivity index (χ3v) is 4.16. The molecule has 3 rings (SSSR count). The topological polar surface area (TPSA) is 56.7 Å². The number of rotatable bonds is 4. The van der Waals surface area contributed by atoms with Gasteiger partial charge in [0, 0.05) is 37.8 Å². The van der Waals surface area contributed by atoms with Crippen molar-refractivity contribution >= 4 is 41.5 Å². The van der Waals surface area contributed by atoms with Gasteiger partial charge in [0.1, 0.15) is 5.82 Å². The molecule has 0 spiro atoms. The Balaban J connectivity index is 0.00000243. The molecule has 1 fully saturated rings. The Labute approximate surface area is 169 Å². The number of nitrogens with zero attached hydrogens (tertiary/aromatic N) is 2. The second-order valence-electron chi connectivity index (χ2n) is 5.90. The molecule has 138 valence electrons. The van der Waals surface area contributed by atoms with Gasteiger partial charge in [0.25, 0.3) is 0 Å². The van der Waals surface area contributed by atoms with E-state index in [1.165, 1.54) is 6.07 Å². The van der Waals surface area contributed by atoms with Crippen LogP contribution >= 0.6 is 24.0 Å². The number of hydrogen-bond donors (Lipinski definition) is 2. The molecule has 1 aliphatic rings. The van der Waals surface area contributed by atoms with Crippen LogP contribution in [0, 0.1) is 5.82 Å². The molecule has 1 aliphatic heterocycles. The second kappa shape index (κ2) is 9.51. The summed E-state index contributed by atoms with van der Waals surface area (Å²) in [5, 5.41) is 6.33. The van der Waals surface area contributed by atoms with Crippen LogP contribution in [0.4, 0.5) is 10.1 Å².